The van der Waals surface area contributed by atoms with Crippen LogP contribution in [0, 0.1) is 16.7 Å². The Morgan fingerprint density at radius 2 is 2.07 bits per heavy atom. The molecule has 0 aromatic heterocycles. The molecular formula is C21H21ClN2O2S. The molecule has 4 rings (SSSR count). The molecule has 1 aromatic carbocycles. The van der Waals surface area contributed by atoms with Crippen LogP contribution in [-0.4, -0.2) is 22.2 Å². The number of ketones is 1. The van der Waals surface area contributed by atoms with Gasteiger partial charge in [0.25, 0.3) is 0 Å². The summed E-state index contributed by atoms with van der Waals surface area (Å²) in [5.74, 6) is -1.03. The number of carbonyl (C=O) groups is 2. The number of amides is 1. The Kier molecular flexibility index (Phi) is 3.85. The number of nitrogens with zero attached hydrogens (tertiary/aromatic N) is 1. The van der Waals surface area contributed by atoms with Crippen molar-refractivity contribution in [1.82, 2.24) is 0 Å². The number of alkyl halides is 1. The second-order valence-electron chi connectivity index (χ2n) is 8.53. The van der Waals surface area contributed by atoms with E-state index in [0.717, 1.165) is 11.3 Å². The molecule has 5 atom stereocenters. The monoisotopic (exact) mass is 400 g/mol. The van der Waals surface area contributed by atoms with Crippen molar-refractivity contribution in [2.24, 2.45) is 21.7 Å². The van der Waals surface area contributed by atoms with E-state index in [1.165, 1.54) is 0 Å². The minimum Gasteiger partial charge on any atom is -0.325 e. The highest BCUT2D eigenvalue weighted by atomic mass is 35.5. The molecule has 2 bridgehead atoms. The van der Waals surface area contributed by atoms with Crippen LogP contribution in [0.1, 0.15) is 44.2 Å². The normalized spacial score (nSPS) is 38.3. The summed E-state index contributed by atoms with van der Waals surface area (Å²) in [7, 11) is 0. The second kappa shape index (κ2) is 5.60. The Morgan fingerprint density at radius 1 is 1.37 bits per heavy atom. The van der Waals surface area contributed by atoms with Crippen molar-refractivity contribution in [1.29, 1.82) is 0 Å². The van der Waals surface area contributed by atoms with Crippen molar-refractivity contribution in [2.75, 3.05) is 5.32 Å². The maximum atomic E-state index is 14.0. The number of halogens is 1. The van der Waals surface area contributed by atoms with Gasteiger partial charge in [0.2, 0.25) is 5.91 Å². The van der Waals surface area contributed by atoms with E-state index in [9.17, 15) is 9.59 Å². The number of aliphatic imine (C=N–C) groups is 1. The number of nitrogens with one attached hydrogen (secondary N) is 1. The molecule has 140 valence electrons. The average molecular weight is 401 g/mol. The molecule has 4 nitrogen and oxygen atoms in total. The van der Waals surface area contributed by atoms with E-state index < -0.39 is 28.2 Å². The number of hydrogen-bond acceptors (Lipinski definition) is 4. The molecule has 0 spiro atoms. The largest absolute Gasteiger partial charge is 0.325 e. The minimum absolute atomic E-state index is 0.0558. The van der Waals surface area contributed by atoms with E-state index in [2.05, 4.69) is 22.0 Å². The SMILES string of the molecule is C=C[C@]1(C)[C@H](Cl)C[C@@H]2C(=O)[C@]1(N=C=S)c1cccc3c1[C@@H](C(=O)N3)C2(C)C. The van der Waals surface area contributed by atoms with Crippen LogP contribution in [-0.2, 0) is 15.1 Å². The first-order valence-corrected chi connectivity index (χ1v) is 9.86. The van der Waals surface area contributed by atoms with Gasteiger partial charge in [-0.1, -0.05) is 39.0 Å². The van der Waals surface area contributed by atoms with Crippen LogP contribution in [0.3, 0.4) is 0 Å². The lowest BCUT2D eigenvalue weighted by Gasteiger charge is -2.52. The highest BCUT2D eigenvalue weighted by Crippen LogP contribution is 2.65. The summed E-state index contributed by atoms with van der Waals surface area (Å²) in [4.78, 5) is 31.5. The predicted octanol–water partition coefficient (Wildman–Crippen LogP) is 4.45. The quantitative estimate of drug-likeness (QED) is 0.345. The summed E-state index contributed by atoms with van der Waals surface area (Å²) in [5.41, 5.74) is -0.566. The third kappa shape index (κ3) is 1.95. The highest BCUT2D eigenvalue weighted by Gasteiger charge is 2.69. The molecule has 1 N–H and O–H groups in total. The van der Waals surface area contributed by atoms with Crippen molar-refractivity contribution in [2.45, 2.75) is 44.0 Å². The first kappa shape index (κ1) is 18.5. The number of fused-ring (bicyclic) bond motifs is 3. The van der Waals surface area contributed by atoms with Crippen molar-refractivity contribution in [3.8, 4) is 0 Å². The van der Waals surface area contributed by atoms with Crippen LogP contribution in [0.25, 0.3) is 0 Å². The molecule has 0 radical (unpaired) electrons. The minimum atomic E-state index is -1.34. The third-order valence-corrected chi connectivity index (χ3v) is 7.85. The molecule has 3 aliphatic rings. The Morgan fingerprint density at radius 3 is 2.70 bits per heavy atom. The van der Waals surface area contributed by atoms with E-state index in [0.29, 0.717) is 12.0 Å². The molecule has 1 amide bonds. The zero-order valence-electron chi connectivity index (χ0n) is 15.5. The highest BCUT2D eigenvalue weighted by molar-refractivity contribution is 7.78. The third-order valence-electron chi connectivity index (χ3n) is 7.13. The number of thiocarbonyl (C=S) groups is 1. The van der Waals surface area contributed by atoms with Crippen LogP contribution >= 0.6 is 23.8 Å². The second-order valence-corrected chi connectivity index (χ2v) is 9.24. The van der Waals surface area contributed by atoms with Crippen LogP contribution in [0.5, 0.6) is 0 Å². The summed E-state index contributed by atoms with van der Waals surface area (Å²) in [6, 6.07) is 5.57. The standard InChI is InChI=1S/C21H21ClN2O2S/c1-5-20(4)14(22)9-12-17(25)21(20,23-10-27)11-7-6-8-13-15(11)16(18(26)24-13)19(12,2)3/h5-8,12,14,16H,1,9H2,2-4H3,(H,24,26)/t12-,14-,16+,20-,21-/m1/s1. The van der Waals surface area contributed by atoms with Crippen LogP contribution in [0.2, 0.25) is 0 Å². The number of hydrogen-bond donors (Lipinski definition) is 1. The maximum absolute atomic E-state index is 14.0. The molecule has 1 heterocycles. The lowest BCUT2D eigenvalue weighted by Crippen LogP contribution is -2.60. The molecule has 1 aliphatic heterocycles. The summed E-state index contributed by atoms with van der Waals surface area (Å²) >= 11 is 11.9. The molecule has 0 unspecified atom stereocenters. The lowest BCUT2D eigenvalue weighted by molar-refractivity contribution is -0.141. The predicted molar refractivity (Wildman–Crippen MR) is 109 cm³/mol. The van der Waals surface area contributed by atoms with Crippen molar-refractivity contribution in [3.63, 3.8) is 0 Å². The van der Waals surface area contributed by atoms with Crippen LogP contribution < -0.4 is 5.32 Å². The van der Waals surface area contributed by atoms with Gasteiger partial charge in [0.05, 0.1) is 11.1 Å². The Balaban J connectivity index is 2.22. The lowest BCUT2D eigenvalue weighted by atomic mass is 9.53. The van der Waals surface area contributed by atoms with Gasteiger partial charge in [0, 0.05) is 22.4 Å². The number of Topliss-reactive ketones (excluding diaryl/α,β-unsaturated/α-hetero) is 1. The topological polar surface area (TPSA) is 58.5 Å². The van der Waals surface area contributed by atoms with Gasteiger partial charge in [-0.2, -0.15) is 0 Å². The van der Waals surface area contributed by atoms with E-state index in [1.54, 1.807) is 6.08 Å². The van der Waals surface area contributed by atoms with Crippen molar-refractivity contribution in [3.05, 3.63) is 42.0 Å². The number of carbonyl (C=O) groups excluding carboxylic acids is 2. The maximum Gasteiger partial charge on any atom is 0.232 e. The van der Waals surface area contributed by atoms with Gasteiger partial charge in [-0.15, -0.1) is 18.2 Å². The van der Waals surface area contributed by atoms with E-state index >= 15 is 0 Å². The van der Waals surface area contributed by atoms with Gasteiger partial charge in [-0.3, -0.25) is 9.59 Å². The van der Waals surface area contributed by atoms with E-state index in [4.69, 9.17) is 23.8 Å². The fraction of sp³-hybridized carbons (Fsp3) is 0.476. The molecule has 1 aromatic rings. The Labute approximate surface area is 169 Å². The van der Waals surface area contributed by atoms with Gasteiger partial charge >= 0.3 is 0 Å². The average Bonchev–Trinajstić information content (AvgIpc) is 2.95. The molecule has 1 saturated carbocycles. The van der Waals surface area contributed by atoms with Crippen LogP contribution in [0.4, 0.5) is 5.69 Å². The number of anilines is 1. The van der Waals surface area contributed by atoms with Crippen molar-refractivity contribution < 1.29 is 9.59 Å². The fourth-order valence-corrected chi connectivity index (χ4v) is 6.06. The summed E-state index contributed by atoms with van der Waals surface area (Å²) < 4.78 is 0. The number of benzene rings is 1. The first-order valence-electron chi connectivity index (χ1n) is 9.02. The Bertz CT molecular complexity index is 952. The fourth-order valence-electron chi connectivity index (χ4n) is 5.50. The summed E-state index contributed by atoms with van der Waals surface area (Å²) in [5, 5.41) is 5.06. The van der Waals surface area contributed by atoms with Gasteiger partial charge in [0.15, 0.2) is 11.3 Å². The van der Waals surface area contributed by atoms with Gasteiger partial charge in [0.1, 0.15) is 0 Å². The zero-order valence-corrected chi connectivity index (χ0v) is 17.1. The number of rotatable bonds is 2. The van der Waals surface area contributed by atoms with Gasteiger partial charge in [-0.25, -0.2) is 4.99 Å². The number of isothiocyanates is 1. The smallest absolute Gasteiger partial charge is 0.232 e. The van der Waals surface area contributed by atoms with Gasteiger partial charge in [-0.05, 0) is 41.2 Å². The molecule has 2 aliphatic carbocycles. The Hall–Kier alpha value is -1.81. The summed E-state index contributed by atoms with van der Waals surface area (Å²) in [6.45, 7) is 9.84. The van der Waals surface area contributed by atoms with Gasteiger partial charge < -0.3 is 5.32 Å². The zero-order chi connectivity index (χ0) is 19.8. The molecular weight excluding hydrogens is 380 g/mol. The summed E-state index contributed by atoms with van der Waals surface area (Å²) in [6.07, 6.45) is 2.17. The first-order chi connectivity index (χ1) is 12.7. The van der Waals surface area contributed by atoms with Crippen molar-refractivity contribution >= 4 is 46.4 Å². The van der Waals surface area contributed by atoms with E-state index in [1.807, 2.05) is 39.0 Å². The molecule has 6 heteroatoms. The van der Waals surface area contributed by atoms with Crippen LogP contribution in [0.15, 0.2) is 35.8 Å². The molecule has 0 saturated heterocycles. The molecule has 1 fully saturated rings. The van der Waals surface area contributed by atoms with E-state index in [-0.39, 0.29) is 17.1 Å². The molecule has 27 heavy (non-hydrogen) atoms.